The predicted octanol–water partition coefficient (Wildman–Crippen LogP) is 2.35. The number of aryl methyl sites for hydroxylation is 1. The maximum Gasteiger partial charge on any atom is 0.227 e. The number of amides is 1. The summed E-state index contributed by atoms with van der Waals surface area (Å²) in [5, 5.41) is 3.31. The van der Waals surface area contributed by atoms with E-state index >= 15 is 0 Å². The number of rotatable bonds is 5. The molecule has 98 valence electrons. The van der Waals surface area contributed by atoms with Gasteiger partial charge in [0.25, 0.3) is 0 Å². The van der Waals surface area contributed by atoms with Crippen LogP contribution >= 0.6 is 0 Å². The molecule has 0 aliphatic carbocycles. The summed E-state index contributed by atoms with van der Waals surface area (Å²) in [6.07, 6.45) is 3.75. The lowest BCUT2D eigenvalue weighted by molar-refractivity contribution is -0.119. The largest absolute Gasteiger partial charge is 0.315 e. The summed E-state index contributed by atoms with van der Waals surface area (Å²) < 4.78 is 0. The third kappa shape index (κ3) is 2.72. The highest BCUT2D eigenvalue weighted by Gasteiger charge is 2.25. The SMILES string of the molecule is CCCC(CN1C(=O)CCc2ccccc21)NC. The fourth-order valence-electron chi connectivity index (χ4n) is 2.59. The summed E-state index contributed by atoms with van der Waals surface area (Å²) in [4.78, 5) is 14.1. The Morgan fingerprint density at radius 1 is 1.33 bits per heavy atom. The number of hydrogen-bond acceptors (Lipinski definition) is 2. The van der Waals surface area contributed by atoms with Crippen molar-refractivity contribution in [1.29, 1.82) is 0 Å². The zero-order valence-corrected chi connectivity index (χ0v) is 11.3. The van der Waals surface area contributed by atoms with Crippen LogP contribution in [-0.4, -0.2) is 25.5 Å². The third-order valence-corrected chi connectivity index (χ3v) is 3.64. The molecule has 0 radical (unpaired) electrons. The molecule has 0 bridgehead atoms. The average molecular weight is 246 g/mol. The second-order valence-corrected chi connectivity index (χ2v) is 4.91. The van der Waals surface area contributed by atoms with E-state index < -0.39 is 0 Å². The van der Waals surface area contributed by atoms with Crippen LogP contribution in [0.4, 0.5) is 5.69 Å². The van der Waals surface area contributed by atoms with Crippen molar-refractivity contribution in [2.75, 3.05) is 18.5 Å². The molecule has 18 heavy (non-hydrogen) atoms. The van der Waals surface area contributed by atoms with Gasteiger partial charge < -0.3 is 10.2 Å². The van der Waals surface area contributed by atoms with Crippen molar-refractivity contribution in [3.63, 3.8) is 0 Å². The second kappa shape index (κ2) is 6.01. The van der Waals surface area contributed by atoms with Gasteiger partial charge in [0.05, 0.1) is 0 Å². The number of benzene rings is 1. The van der Waals surface area contributed by atoms with Crippen LogP contribution in [0.3, 0.4) is 0 Å². The molecule has 1 heterocycles. The number of hydrogen-bond donors (Lipinski definition) is 1. The maximum absolute atomic E-state index is 12.1. The summed E-state index contributed by atoms with van der Waals surface area (Å²) in [6, 6.07) is 8.63. The third-order valence-electron chi connectivity index (χ3n) is 3.64. The van der Waals surface area contributed by atoms with E-state index in [2.05, 4.69) is 30.4 Å². The molecule has 1 aliphatic heterocycles. The van der Waals surface area contributed by atoms with Gasteiger partial charge in [-0.05, 0) is 31.5 Å². The first-order chi connectivity index (χ1) is 8.76. The molecule has 1 aliphatic rings. The van der Waals surface area contributed by atoms with Crippen molar-refractivity contribution in [3.8, 4) is 0 Å². The quantitative estimate of drug-likeness (QED) is 0.865. The molecule has 1 aromatic carbocycles. The van der Waals surface area contributed by atoms with Crippen LogP contribution in [0.15, 0.2) is 24.3 Å². The Kier molecular flexibility index (Phi) is 4.37. The summed E-state index contributed by atoms with van der Waals surface area (Å²) in [7, 11) is 1.97. The number of carbonyl (C=O) groups excluding carboxylic acids is 1. The van der Waals surface area contributed by atoms with E-state index in [-0.39, 0.29) is 5.91 Å². The highest BCUT2D eigenvalue weighted by Crippen LogP contribution is 2.27. The molecule has 1 amide bonds. The standard InChI is InChI=1S/C15H22N2O/c1-3-6-13(16-2)11-17-14-8-5-4-7-12(14)9-10-15(17)18/h4-5,7-8,13,16H,3,6,9-11H2,1-2H3. The van der Waals surface area contributed by atoms with Gasteiger partial charge in [0.15, 0.2) is 0 Å². The molecule has 0 saturated heterocycles. The Bertz CT molecular complexity index is 417. The summed E-state index contributed by atoms with van der Waals surface area (Å²) in [6.45, 7) is 2.95. The van der Waals surface area contributed by atoms with Crippen LogP contribution in [0.5, 0.6) is 0 Å². The van der Waals surface area contributed by atoms with Gasteiger partial charge in [-0.1, -0.05) is 31.5 Å². The Morgan fingerprint density at radius 3 is 2.83 bits per heavy atom. The maximum atomic E-state index is 12.1. The first-order valence-corrected chi connectivity index (χ1v) is 6.81. The van der Waals surface area contributed by atoms with Crippen LogP contribution in [0, 0.1) is 0 Å². The highest BCUT2D eigenvalue weighted by atomic mass is 16.2. The lowest BCUT2D eigenvalue weighted by Gasteiger charge is -2.32. The van der Waals surface area contributed by atoms with Crippen molar-refractivity contribution >= 4 is 11.6 Å². The van der Waals surface area contributed by atoms with Crippen molar-refractivity contribution in [2.45, 2.75) is 38.6 Å². The molecular weight excluding hydrogens is 224 g/mol. The van der Waals surface area contributed by atoms with Gasteiger partial charge in [-0.3, -0.25) is 4.79 Å². The monoisotopic (exact) mass is 246 g/mol. The van der Waals surface area contributed by atoms with Crippen LogP contribution in [-0.2, 0) is 11.2 Å². The number of carbonyl (C=O) groups is 1. The van der Waals surface area contributed by atoms with Crippen LogP contribution in [0.1, 0.15) is 31.7 Å². The molecule has 1 unspecified atom stereocenters. The Hall–Kier alpha value is -1.35. The van der Waals surface area contributed by atoms with Crippen LogP contribution in [0.25, 0.3) is 0 Å². The summed E-state index contributed by atoms with van der Waals surface area (Å²) >= 11 is 0. The average Bonchev–Trinajstić information content (AvgIpc) is 2.41. The van der Waals surface area contributed by atoms with Crippen LogP contribution in [0.2, 0.25) is 0 Å². The van der Waals surface area contributed by atoms with Crippen molar-refractivity contribution in [2.24, 2.45) is 0 Å². The first kappa shape index (κ1) is 13.1. The van der Waals surface area contributed by atoms with Gasteiger partial charge >= 0.3 is 0 Å². The smallest absolute Gasteiger partial charge is 0.227 e. The number of para-hydroxylation sites is 1. The van der Waals surface area contributed by atoms with Gasteiger partial charge in [-0.15, -0.1) is 0 Å². The lowest BCUT2D eigenvalue weighted by atomic mass is 10.00. The summed E-state index contributed by atoms with van der Waals surface area (Å²) in [5.74, 6) is 0.255. The Morgan fingerprint density at radius 2 is 2.11 bits per heavy atom. The van der Waals surface area contributed by atoms with Gasteiger partial charge in [-0.25, -0.2) is 0 Å². The first-order valence-electron chi connectivity index (χ1n) is 6.81. The zero-order valence-electron chi connectivity index (χ0n) is 11.3. The Balaban J connectivity index is 2.18. The normalized spacial score (nSPS) is 16.6. The minimum absolute atomic E-state index is 0.255. The fraction of sp³-hybridized carbons (Fsp3) is 0.533. The van der Waals surface area contributed by atoms with Gasteiger partial charge in [0.1, 0.15) is 0 Å². The lowest BCUT2D eigenvalue weighted by Crippen LogP contribution is -2.44. The molecule has 0 spiro atoms. The fourth-order valence-corrected chi connectivity index (χ4v) is 2.59. The van der Waals surface area contributed by atoms with E-state index in [0.29, 0.717) is 12.5 Å². The molecule has 3 nitrogen and oxygen atoms in total. The molecule has 3 heteroatoms. The molecule has 2 rings (SSSR count). The number of anilines is 1. The number of nitrogens with zero attached hydrogens (tertiary/aromatic N) is 1. The number of fused-ring (bicyclic) bond motifs is 1. The topological polar surface area (TPSA) is 32.3 Å². The Labute approximate surface area is 109 Å². The van der Waals surface area contributed by atoms with Crippen molar-refractivity contribution < 1.29 is 4.79 Å². The van der Waals surface area contributed by atoms with E-state index in [1.54, 1.807) is 0 Å². The molecular formula is C15H22N2O. The predicted molar refractivity (Wildman–Crippen MR) is 74.9 cm³/mol. The van der Waals surface area contributed by atoms with E-state index in [9.17, 15) is 4.79 Å². The van der Waals surface area contributed by atoms with Crippen LogP contribution < -0.4 is 10.2 Å². The van der Waals surface area contributed by atoms with Crippen molar-refractivity contribution in [3.05, 3.63) is 29.8 Å². The highest BCUT2D eigenvalue weighted by molar-refractivity contribution is 5.96. The van der Waals surface area contributed by atoms with E-state index in [1.807, 2.05) is 18.0 Å². The van der Waals surface area contributed by atoms with Gasteiger partial charge in [-0.2, -0.15) is 0 Å². The number of likely N-dealkylation sites (N-methyl/N-ethyl adjacent to an activating group) is 1. The second-order valence-electron chi connectivity index (χ2n) is 4.91. The molecule has 1 N–H and O–H groups in total. The van der Waals surface area contributed by atoms with Gasteiger partial charge in [0.2, 0.25) is 5.91 Å². The molecule has 0 fully saturated rings. The number of nitrogens with one attached hydrogen (secondary N) is 1. The van der Waals surface area contributed by atoms with E-state index in [0.717, 1.165) is 31.5 Å². The zero-order chi connectivity index (χ0) is 13.0. The van der Waals surface area contributed by atoms with Crippen molar-refractivity contribution in [1.82, 2.24) is 5.32 Å². The molecule has 1 atom stereocenters. The van der Waals surface area contributed by atoms with Gasteiger partial charge in [0, 0.05) is 24.7 Å². The molecule has 1 aromatic rings. The molecule has 0 aromatic heterocycles. The molecule has 0 saturated carbocycles. The summed E-state index contributed by atoms with van der Waals surface area (Å²) in [5.41, 5.74) is 2.40. The minimum atomic E-state index is 0.255. The minimum Gasteiger partial charge on any atom is -0.315 e. The van der Waals surface area contributed by atoms with E-state index in [1.165, 1.54) is 5.56 Å². The van der Waals surface area contributed by atoms with E-state index in [4.69, 9.17) is 0 Å².